The lowest BCUT2D eigenvalue weighted by Crippen LogP contribution is -2.37. The van der Waals surface area contributed by atoms with Gasteiger partial charge in [0.25, 0.3) is 5.91 Å². The van der Waals surface area contributed by atoms with Gasteiger partial charge in [0.2, 0.25) is 0 Å². The van der Waals surface area contributed by atoms with Crippen molar-refractivity contribution < 1.29 is 9.18 Å². The number of aromatic nitrogens is 1. The Balaban J connectivity index is 1.38. The molecule has 0 bridgehead atoms. The summed E-state index contributed by atoms with van der Waals surface area (Å²) in [6.45, 7) is 1.64. The number of halogens is 1. The zero-order valence-corrected chi connectivity index (χ0v) is 14.8. The van der Waals surface area contributed by atoms with Crippen molar-refractivity contribution in [1.82, 2.24) is 10.3 Å². The molecule has 0 radical (unpaired) electrons. The molecule has 3 aromatic rings. The largest absolute Gasteiger partial charge is 0.354 e. The molecule has 1 atom stereocenters. The van der Waals surface area contributed by atoms with Gasteiger partial charge in [0.1, 0.15) is 11.6 Å². The number of carbonyl (C=O) groups excluding carboxylic acids is 1. The first-order valence-corrected chi connectivity index (χ1v) is 9.02. The molecule has 1 N–H and O–H groups in total. The van der Waals surface area contributed by atoms with Crippen LogP contribution < -0.4 is 10.2 Å². The standard InChI is InChI=1S/C22H20FN3O/c23-19-10-8-17(9-11-19)16-4-6-18(7-5-16)22(27)25-20-12-14-26(15-20)21-3-1-2-13-24-21/h1-11,13,20H,12,14-15H2,(H,25,27). The molecule has 1 unspecified atom stereocenters. The van der Waals surface area contributed by atoms with Crippen LogP contribution in [0.5, 0.6) is 0 Å². The van der Waals surface area contributed by atoms with Crippen molar-refractivity contribution >= 4 is 11.7 Å². The van der Waals surface area contributed by atoms with Gasteiger partial charge in [-0.15, -0.1) is 0 Å². The monoisotopic (exact) mass is 361 g/mol. The normalized spacial score (nSPS) is 16.3. The summed E-state index contributed by atoms with van der Waals surface area (Å²) in [7, 11) is 0. The summed E-state index contributed by atoms with van der Waals surface area (Å²) in [4.78, 5) is 19.1. The van der Waals surface area contributed by atoms with Crippen LogP contribution in [0, 0.1) is 5.82 Å². The Morgan fingerprint density at radius 2 is 1.70 bits per heavy atom. The minimum absolute atomic E-state index is 0.0754. The van der Waals surface area contributed by atoms with Gasteiger partial charge in [-0.3, -0.25) is 4.79 Å². The Morgan fingerprint density at radius 1 is 1.00 bits per heavy atom. The van der Waals surface area contributed by atoms with Gasteiger partial charge in [-0.05, 0) is 53.9 Å². The maximum atomic E-state index is 13.0. The molecule has 2 heterocycles. The van der Waals surface area contributed by atoms with Gasteiger partial charge in [-0.1, -0.05) is 30.3 Å². The van der Waals surface area contributed by atoms with Crippen LogP contribution in [0.4, 0.5) is 10.2 Å². The predicted molar refractivity (Wildman–Crippen MR) is 104 cm³/mol. The fourth-order valence-electron chi connectivity index (χ4n) is 3.35. The number of rotatable bonds is 4. The van der Waals surface area contributed by atoms with Gasteiger partial charge in [-0.25, -0.2) is 9.37 Å². The van der Waals surface area contributed by atoms with Crippen LogP contribution in [0.2, 0.25) is 0 Å². The molecule has 4 rings (SSSR count). The van der Waals surface area contributed by atoms with E-state index in [2.05, 4.69) is 15.2 Å². The minimum atomic E-state index is -0.258. The van der Waals surface area contributed by atoms with Crippen molar-refractivity contribution in [1.29, 1.82) is 0 Å². The minimum Gasteiger partial charge on any atom is -0.354 e. The Kier molecular flexibility index (Phi) is 4.83. The number of amides is 1. The number of nitrogens with zero attached hydrogens (tertiary/aromatic N) is 2. The summed E-state index contributed by atoms with van der Waals surface area (Å²) in [5.74, 6) is 0.609. The van der Waals surface area contributed by atoms with Crippen LogP contribution in [0.1, 0.15) is 16.8 Å². The Hall–Kier alpha value is -3.21. The van der Waals surface area contributed by atoms with Gasteiger partial charge >= 0.3 is 0 Å². The molecule has 0 aliphatic carbocycles. The van der Waals surface area contributed by atoms with Crippen molar-refractivity contribution in [2.24, 2.45) is 0 Å². The molecule has 27 heavy (non-hydrogen) atoms. The molecule has 1 saturated heterocycles. The van der Waals surface area contributed by atoms with E-state index in [9.17, 15) is 9.18 Å². The average Bonchev–Trinajstić information content (AvgIpc) is 3.18. The van der Waals surface area contributed by atoms with Gasteiger partial charge in [0, 0.05) is 30.9 Å². The summed E-state index contributed by atoms with van der Waals surface area (Å²) >= 11 is 0. The molecule has 0 saturated carbocycles. The summed E-state index contributed by atoms with van der Waals surface area (Å²) < 4.78 is 13.0. The third-order valence-corrected chi connectivity index (χ3v) is 4.82. The highest BCUT2D eigenvalue weighted by Gasteiger charge is 2.24. The molecule has 2 aromatic carbocycles. The van der Waals surface area contributed by atoms with Crippen LogP contribution >= 0.6 is 0 Å². The van der Waals surface area contributed by atoms with E-state index in [0.717, 1.165) is 36.5 Å². The number of carbonyl (C=O) groups is 1. The van der Waals surface area contributed by atoms with Crippen molar-refractivity contribution in [3.05, 3.63) is 84.3 Å². The average molecular weight is 361 g/mol. The fourth-order valence-corrected chi connectivity index (χ4v) is 3.35. The Bertz CT molecular complexity index is 911. The molecule has 0 spiro atoms. The number of hydrogen-bond donors (Lipinski definition) is 1. The summed E-state index contributed by atoms with van der Waals surface area (Å²) in [6, 6.07) is 19.7. The first kappa shape index (κ1) is 17.2. The van der Waals surface area contributed by atoms with E-state index < -0.39 is 0 Å². The second-order valence-electron chi connectivity index (χ2n) is 6.68. The number of nitrogens with one attached hydrogen (secondary N) is 1. The highest BCUT2D eigenvalue weighted by molar-refractivity contribution is 5.95. The van der Waals surface area contributed by atoms with Crippen molar-refractivity contribution in [2.75, 3.05) is 18.0 Å². The Labute approximate surface area is 157 Å². The van der Waals surface area contributed by atoms with E-state index in [1.54, 1.807) is 30.5 Å². The number of benzene rings is 2. The molecule has 1 aliphatic rings. The second-order valence-corrected chi connectivity index (χ2v) is 6.68. The molecule has 1 amide bonds. The first-order valence-electron chi connectivity index (χ1n) is 9.02. The van der Waals surface area contributed by atoms with Crippen molar-refractivity contribution in [3.8, 4) is 11.1 Å². The first-order chi connectivity index (χ1) is 13.2. The quantitative estimate of drug-likeness (QED) is 0.767. The fraction of sp³-hybridized carbons (Fsp3) is 0.182. The van der Waals surface area contributed by atoms with Gasteiger partial charge in [-0.2, -0.15) is 0 Å². The lowest BCUT2D eigenvalue weighted by Gasteiger charge is -2.17. The topological polar surface area (TPSA) is 45.2 Å². The highest BCUT2D eigenvalue weighted by Crippen LogP contribution is 2.21. The molecule has 5 heteroatoms. The van der Waals surface area contributed by atoms with E-state index in [4.69, 9.17) is 0 Å². The summed E-state index contributed by atoms with van der Waals surface area (Å²) in [5, 5.41) is 3.10. The summed E-state index contributed by atoms with van der Waals surface area (Å²) in [6.07, 6.45) is 2.68. The second kappa shape index (κ2) is 7.58. The highest BCUT2D eigenvalue weighted by atomic mass is 19.1. The molecule has 136 valence electrons. The summed E-state index contributed by atoms with van der Waals surface area (Å²) in [5.41, 5.74) is 2.50. The van der Waals surface area contributed by atoms with Crippen LogP contribution in [-0.4, -0.2) is 30.0 Å². The molecule has 1 fully saturated rings. The maximum Gasteiger partial charge on any atom is 0.251 e. The number of hydrogen-bond acceptors (Lipinski definition) is 3. The van der Waals surface area contributed by atoms with Crippen LogP contribution in [-0.2, 0) is 0 Å². The molecule has 1 aliphatic heterocycles. The van der Waals surface area contributed by atoms with Crippen LogP contribution in [0.15, 0.2) is 72.9 Å². The van der Waals surface area contributed by atoms with Gasteiger partial charge < -0.3 is 10.2 Å². The van der Waals surface area contributed by atoms with Gasteiger partial charge in [0.05, 0.1) is 0 Å². The Morgan fingerprint density at radius 3 is 2.37 bits per heavy atom. The number of anilines is 1. The molecule has 1 aromatic heterocycles. The zero-order valence-electron chi connectivity index (χ0n) is 14.8. The maximum absolute atomic E-state index is 13.0. The molecular weight excluding hydrogens is 341 g/mol. The van der Waals surface area contributed by atoms with Crippen LogP contribution in [0.25, 0.3) is 11.1 Å². The third-order valence-electron chi connectivity index (χ3n) is 4.82. The van der Waals surface area contributed by atoms with E-state index >= 15 is 0 Å². The molecule has 4 nitrogen and oxygen atoms in total. The number of pyridine rings is 1. The van der Waals surface area contributed by atoms with Crippen molar-refractivity contribution in [3.63, 3.8) is 0 Å². The predicted octanol–water partition coefficient (Wildman–Crippen LogP) is 3.90. The van der Waals surface area contributed by atoms with E-state index in [-0.39, 0.29) is 17.8 Å². The lowest BCUT2D eigenvalue weighted by molar-refractivity contribution is 0.0940. The third kappa shape index (κ3) is 3.97. The van der Waals surface area contributed by atoms with E-state index in [0.29, 0.717) is 5.56 Å². The zero-order chi connectivity index (χ0) is 18.6. The van der Waals surface area contributed by atoms with Gasteiger partial charge in [0.15, 0.2) is 0 Å². The van der Waals surface area contributed by atoms with E-state index in [1.807, 2.05) is 30.3 Å². The lowest BCUT2D eigenvalue weighted by atomic mass is 10.0. The smallest absolute Gasteiger partial charge is 0.251 e. The van der Waals surface area contributed by atoms with E-state index in [1.165, 1.54) is 12.1 Å². The SMILES string of the molecule is O=C(NC1CCN(c2ccccn2)C1)c1ccc(-c2ccc(F)cc2)cc1. The van der Waals surface area contributed by atoms with Crippen LogP contribution in [0.3, 0.4) is 0 Å². The van der Waals surface area contributed by atoms with Crippen molar-refractivity contribution in [2.45, 2.75) is 12.5 Å². The molecular formula is C22H20FN3O.